The number of amides is 1. The Morgan fingerprint density at radius 3 is 2.71 bits per heavy atom. The van der Waals surface area contributed by atoms with Crippen molar-refractivity contribution in [3.05, 3.63) is 98.4 Å². The van der Waals surface area contributed by atoms with Gasteiger partial charge in [0.1, 0.15) is 5.56 Å². The summed E-state index contributed by atoms with van der Waals surface area (Å²) in [5, 5.41) is 3.98. The number of Topliss-reactive ketones (excluding diaryl/α,β-unsaturated/α-hetero) is 1. The largest absolute Gasteiger partial charge is 0.481 e. The Kier molecular flexibility index (Phi) is 6.75. The summed E-state index contributed by atoms with van der Waals surface area (Å²) < 4.78 is 5.06. The van der Waals surface area contributed by atoms with Crippen LogP contribution in [0.3, 0.4) is 0 Å². The van der Waals surface area contributed by atoms with E-state index in [1.165, 1.54) is 19.4 Å². The number of H-pyrrole nitrogens is 1. The van der Waals surface area contributed by atoms with Crippen LogP contribution in [-0.4, -0.2) is 28.8 Å². The van der Waals surface area contributed by atoms with Gasteiger partial charge in [0.2, 0.25) is 5.88 Å². The minimum Gasteiger partial charge on any atom is -0.481 e. The molecule has 8 heteroatoms. The van der Waals surface area contributed by atoms with Gasteiger partial charge in [-0.1, -0.05) is 35.9 Å². The van der Waals surface area contributed by atoms with Crippen LogP contribution < -0.4 is 15.6 Å². The number of ether oxygens (including phenoxy) is 1. The van der Waals surface area contributed by atoms with Crippen LogP contribution in [0.2, 0.25) is 5.02 Å². The average Bonchev–Trinajstić information content (AvgIpc) is 2.83. The first-order valence-corrected chi connectivity index (χ1v) is 11.0. The van der Waals surface area contributed by atoms with Gasteiger partial charge < -0.3 is 15.0 Å². The molecule has 0 aliphatic heterocycles. The average molecular weight is 476 g/mol. The number of fused-ring (bicyclic) bond motifs is 1. The summed E-state index contributed by atoms with van der Waals surface area (Å²) in [4.78, 5) is 45.0. The first kappa shape index (κ1) is 23.2. The Hall–Kier alpha value is -3.97. The van der Waals surface area contributed by atoms with E-state index in [1.54, 1.807) is 30.3 Å². The Labute approximate surface area is 200 Å². The van der Waals surface area contributed by atoms with E-state index >= 15 is 0 Å². The van der Waals surface area contributed by atoms with Gasteiger partial charge in [0.05, 0.1) is 12.6 Å². The molecule has 4 aromatic rings. The van der Waals surface area contributed by atoms with E-state index in [1.807, 2.05) is 25.1 Å². The SMILES string of the molecule is COc1cc2[nH]c(=O)c(C(=O)Nc3cc(C(=O)CCc4cccc(Cl)c4)ccc3C)cc2cn1. The molecule has 7 nitrogen and oxygen atoms in total. The van der Waals surface area contributed by atoms with Gasteiger partial charge in [-0.05, 0) is 48.7 Å². The Morgan fingerprint density at radius 2 is 1.94 bits per heavy atom. The number of hydrogen-bond acceptors (Lipinski definition) is 5. The highest BCUT2D eigenvalue weighted by atomic mass is 35.5. The van der Waals surface area contributed by atoms with Crippen molar-refractivity contribution in [2.45, 2.75) is 19.8 Å². The second-order valence-electron chi connectivity index (χ2n) is 7.86. The number of aryl methyl sites for hydroxylation is 2. The standard InChI is InChI=1S/C26H22ClN3O4/c1-15-6-8-17(23(31)9-7-16-4-3-5-19(27)10-16)12-21(15)29-25(32)20-11-18-14-28-24(34-2)13-22(18)30-26(20)33/h3-6,8,10-14H,7,9H2,1-2H3,(H,29,32)(H,30,33). The molecule has 2 N–H and O–H groups in total. The predicted octanol–water partition coefficient (Wildman–Crippen LogP) is 4.96. The molecule has 0 spiro atoms. The van der Waals surface area contributed by atoms with Gasteiger partial charge in [0, 0.05) is 40.3 Å². The molecule has 4 rings (SSSR count). The molecular weight excluding hydrogens is 454 g/mol. The number of hydrogen-bond donors (Lipinski definition) is 2. The molecule has 0 unspecified atom stereocenters. The Bertz CT molecular complexity index is 1460. The second-order valence-corrected chi connectivity index (χ2v) is 8.30. The summed E-state index contributed by atoms with van der Waals surface area (Å²) >= 11 is 6.01. The summed E-state index contributed by atoms with van der Waals surface area (Å²) in [5.41, 5.74) is 2.60. The highest BCUT2D eigenvalue weighted by molar-refractivity contribution is 6.30. The van der Waals surface area contributed by atoms with Gasteiger partial charge in [-0.15, -0.1) is 0 Å². The zero-order valence-corrected chi connectivity index (χ0v) is 19.4. The summed E-state index contributed by atoms with van der Waals surface area (Å²) in [6, 6.07) is 15.6. The molecule has 34 heavy (non-hydrogen) atoms. The fourth-order valence-corrected chi connectivity index (χ4v) is 3.79. The van der Waals surface area contributed by atoms with Gasteiger partial charge in [0.15, 0.2) is 5.78 Å². The third-order valence-electron chi connectivity index (χ3n) is 5.49. The van der Waals surface area contributed by atoms with E-state index in [2.05, 4.69) is 15.3 Å². The van der Waals surface area contributed by atoms with Crippen molar-refractivity contribution in [2.24, 2.45) is 0 Å². The van der Waals surface area contributed by atoms with Crippen molar-refractivity contribution in [2.75, 3.05) is 12.4 Å². The quantitative estimate of drug-likeness (QED) is 0.368. The van der Waals surface area contributed by atoms with E-state index in [-0.39, 0.29) is 11.3 Å². The molecule has 0 saturated carbocycles. The molecule has 0 atom stereocenters. The maximum absolute atomic E-state index is 12.9. The molecular formula is C26H22ClN3O4. The molecule has 2 heterocycles. The van der Waals surface area contributed by atoms with E-state index < -0.39 is 11.5 Å². The number of aromatic nitrogens is 2. The van der Waals surface area contributed by atoms with Crippen LogP contribution >= 0.6 is 11.6 Å². The van der Waals surface area contributed by atoms with E-state index in [9.17, 15) is 14.4 Å². The van der Waals surface area contributed by atoms with Crippen molar-refractivity contribution in [3.63, 3.8) is 0 Å². The summed E-state index contributed by atoms with van der Waals surface area (Å²) in [7, 11) is 1.48. The van der Waals surface area contributed by atoms with Gasteiger partial charge in [-0.3, -0.25) is 14.4 Å². The number of methoxy groups -OCH3 is 1. The predicted molar refractivity (Wildman–Crippen MR) is 132 cm³/mol. The fourth-order valence-electron chi connectivity index (χ4n) is 3.58. The van der Waals surface area contributed by atoms with Crippen LogP contribution in [0.1, 0.15) is 38.3 Å². The number of benzene rings is 2. The molecule has 0 aliphatic carbocycles. The van der Waals surface area contributed by atoms with Crippen molar-refractivity contribution < 1.29 is 14.3 Å². The van der Waals surface area contributed by atoms with E-state index in [4.69, 9.17) is 16.3 Å². The van der Waals surface area contributed by atoms with Gasteiger partial charge in [-0.2, -0.15) is 0 Å². The lowest BCUT2D eigenvalue weighted by atomic mass is 10.0. The molecule has 172 valence electrons. The van der Waals surface area contributed by atoms with Gasteiger partial charge >= 0.3 is 0 Å². The molecule has 0 radical (unpaired) electrons. The first-order valence-electron chi connectivity index (χ1n) is 10.6. The second kappa shape index (κ2) is 9.89. The zero-order valence-electron chi connectivity index (χ0n) is 18.6. The highest BCUT2D eigenvalue weighted by Crippen LogP contribution is 2.21. The molecule has 0 saturated heterocycles. The summed E-state index contributed by atoms with van der Waals surface area (Å²) in [6.45, 7) is 1.82. The number of rotatable bonds is 7. The van der Waals surface area contributed by atoms with E-state index in [0.717, 1.165) is 11.1 Å². The molecule has 0 bridgehead atoms. The number of pyridine rings is 2. The highest BCUT2D eigenvalue weighted by Gasteiger charge is 2.15. The zero-order chi connectivity index (χ0) is 24.2. The minimum absolute atomic E-state index is 0.0564. The lowest BCUT2D eigenvalue weighted by Gasteiger charge is -2.11. The number of nitrogens with zero attached hydrogens (tertiary/aromatic N) is 1. The molecule has 0 aliphatic rings. The number of carbonyl (C=O) groups is 2. The van der Waals surface area contributed by atoms with Crippen molar-refractivity contribution >= 4 is 39.9 Å². The maximum Gasteiger partial charge on any atom is 0.261 e. The lowest BCUT2D eigenvalue weighted by Crippen LogP contribution is -2.23. The minimum atomic E-state index is -0.578. The van der Waals surface area contributed by atoms with Crippen molar-refractivity contribution in [1.82, 2.24) is 9.97 Å². The number of aromatic amines is 1. The Balaban J connectivity index is 1.53. The Morgan fingerprint density at radius 1 is 1.12 bits per heavy atom. The third-order valence-corrected chi connectivity index (χ3v) is 5.73. The number of nitrogens with one attached hydrogen (secondary N) is 2. The van der Waals surface area contributed by atoms with Crippen LogP contribution in [-0.2, 0) is 6.42 Å². The number of ketones is 1. The van der Waals surface area contributed by atoms with Crippen LogP contribution in [0.4, 0.5) is 5.69 Å². The molecule has 2 aromatic heterocycles. The van der Waals surface area contributed by atoms with Crippen molar-refractivity contribution in [1.29, 1.82) is 0 Å². The molecule has 1 amide bonds. The summed E-state index contributed by atoms with van der Waals surface area (Å²) in [6.07, 6.45) is 2.38. The van der Waals surface area contributed by atoms with Crippen LogP contribution in [0.15, 0.2) is 65.6 Å². The monoisotopic (exact) mass is 475 g/mol. The number of halogens is 1. The topological polar surface area (TPSA) is 101 Å². The smallest absolute Gasteiger partial charge is 0.261 e. The van der Waals surface area contributed by atoms with E-state index in [0.29, 0.717) is 45.9 Å². The van der Waals surface area contributed by atoms with Crippen LogP contribution in [0.25, 0.3) is 10.9 Å². The van der Waals surface area contributed by atoms with Gasteiger partial charge in [-0.25, -0.2) is 4.98 Å². The van der Waals surface area contributed by atoms with Crippen LogP contribution in [0.5, 0.6) is 5.88 Å². The third kappa shape index (κ3) is 5.15. The lowest BCUT2D eigenvalue weighted by molar-refractivity contribution is 0.0980. The van der Waals surface area contributed by atoms with Crippen molar-refractivity contribution in [3.8, 4) is 5.88 Å². The maximum atomic E-state index is 12.9. The van der Waals surface area contributed by atoms with Gasteiger partial charge in [0.25, 0.3) is 11.5 Å². The summed E-state index contributed by atoms with van der Waals surface area (Å²) in [5.74, 6) is -0.280. The number of carbonyl (C=O) groups excluding carboxylic acids is 2. The number of anilines is 1. The van der Waals surface area contributed by atoms with Crippen LogP contribution in [0, 0.1) is 6.92 Å². The fraction of sp³-hybridized carbons (Fsp3) is 0.154. The molecule has 2 aromatic carbocycles. The normalized spacial score (nSPS) is 10.8. The first-order chi connectivity index (χ1) is 16.3. The molecule has 0 fully saturated rings.